The predicted octanol–water partition coefficient (Wildman–Crippen LogP) is 3.09. The van der Waals surface area contributed by atoms with Gasteiger partial charge in [0.25, 0.3) is 0 Å². The molecule has 2 atom stereocenters. The van der Waals surface area contributed by atoms with Gasteiger partial charge in [-0.25, -0.2) is 10.9 Å². The van der Waals surface area contributed by atoms with E-state index in [0.29, 0.717) is 22.7 Å². The van der Waals surface area contributed by atoms with Crippen molar-refractivity contribution in [1.82, 2.24) is 10.9 Å². The lowest BCUT2D eigenvalue weighted by molar-refractivity contribution is -0.117. The number of rotatable bonds is 4. The highest BCUT2D eigenvalue weighted by atomic mass is 35.5. The van der Waals surface area contributed by atoms with Crippen LogP contribution in [0.5, 0.6) is 0 Å². The summed E-state index contributed by atoms with van der Waals surface area (Å²) >= 11 is 6.01. The number of carbonyl (C=O) groups excluding carboxylic acids is 2. The van der Waals surface area contributed by atoms with E-state index in [1.54, 1.807) is 24.3 Å². The lowest BCUT2D eigenvalue weighted by Gasteiger charge is -2.11. The smallest absolute Gasteiger partial charge is 0.242 e. The third-order valence-corrected chi connectivity index (χ3v) is 4.26. The van der Waals surface area contributed by atoms with Gasteiger partial charge in [0.05, 0.1) is 0 Å². The number of carbonyl (C=O) groups is 2. The quantitative estimate of drug-likeness (QED) is 0.746. The van der Waals surface area contributed by atoms with Crippen LogP contribution in [0.15, 0.2) is 48.5 Å². The maximum atomic E-state index is 12.4. The van der Waals surface area contributed by atoms with Crippen LogP contribution < -0.4 is 16.2 Å². The van der Waals surface area contributed by atoms with E-state index in [9.17, 15) is 9.59 Å². The van der Waals surface area contributed by atoms with Crippen LogP contribution in [0.3, 0.4) is 0 Å². The van der Waals surface area contributed by atoms with Crippen molar-refractivity contribution in [1.29, 1.82) is 0 Å². The van der Waals surface area contributed by atoms with Crippen LogP contribution in [0.1, 0.15) is 35.3 Å². The minimum absolute atomic E-state index is 0.00102. The number of ketones is 1. The van der Waals surface area contributed by atoms with Crippen LogP contribution in [0, 0.1) is 0 Å². The molecule has 6 heteroatoms. The third-order valence-electron chi connectivity index (χ3n) is 4.03. The Morgan fingerprint density at radius 1 is 1.12 bits per heavy atom. The number of halogens is 1. The molecule has 3 N–H and O–H groups in total. The average Bonchev–Trinajstić information content (AvgIpc) is 3.05. The molecule has 2 aromatic carbocycles. The van der Waals surface area contributed by atoms with Crippen molar-refractivity contribution >= 4 is 29.0 Å². The molecule has 2 aromatic rings. The van der Waals surface area contributed by atoms with Crippen LogP contribution in [0.2, 0.25) is 5.02 Å². The van der Waals surface area contributed by atoms with E-state index < -0.39 is 0 Å². The second-order valence-electron chi connectivity index (χ2n) is 5.81. The summed E-state index contributed by atoms with van der Waals surface area (Å²) in [6.45, 7) is 1.51. The molecule has 0 aromatic heterocycles. The zero-order chi connectivity index (χ0) is 17.1. The first kappa shape index (κ1) is 16.6. The molecule has 0 aliphatic carbocycles. The Bertz CT molecular complexity index is 761. The summed E-state index contributed by atoms with van der Waals surface area (Å²) in [5.74, 6) is -0.124. The van der Waals surface area contributed by atoms with Gasteiger partial charge in [0.1, 0.15) is 6.04 Å². The Morgan fingerprint density at radius 2 is 1.88 bits per heavy atom. The molecular weight excluding hydrogens is 326 g/mol. The van der Waals surface area contributed by atoms with E-state index in [4.69, 9.17) is 11.6 Å². The highest BCUT2D eigenvalue weighted by molar-refractivity contribution is 6.30. The number of amides is 1. The van der Waals surface area contributed by atoms with Gasteiger partial charge in [0.2, 0.25) is 5.91 Å². The molecule has 0 saturated carbocycles. The Morgan fingerprint density at radius 3 is 2.54 bits per heavy atom. The monoisotopic (exact) mass is 343 g/mol. The Labute approximate surface area is 145 Å². The van der Waals surface area contributed by atoms with Crippen LogP contribution in [-0.2, 0) is 4.79 Å². The first-order valence-electron chi connectivity index (χ1n) is 7.71. The maximum absolute atomic E-state index is 12.4. The van der Waals surface area contributed by atoms with Gasteiger partial charge in [-0.05, 0) is 55.3 Å². The average molecular weight is 344 g/mol. The Hall–Kier alpha value is -2.21. The summed E-state index contributed by atoms with van der Waals surface area (Å²) < 4.78 is 0. The van der Waals surface area contributed by atoms with E-state index in [1.165, 1.54) is 6.92 Å². The number of anilines is 1. The number of benzene rings is 2. The molecule has 2 unspecified atom stereocenters. The molecule has 5 nitrogen and oxygen atoms in total. The zero-order valence-corrected chi connectivity index (χ0v) is 13.9. The molecule has 1 aliphatic rings. The first-order valence-corrected chi connectivity index (χ1v) is 8.09. The van der Waals surface area contributed by atoms with Gasteiger partial charge in [0.15, 0.2) is 5.78 Å². The number of nitrogens with one attached hydrogen (secondary N) is 3. The molecule has 0 bridgehead atoms. The highest BCUT2D eigenvalue weighted by Gasteiger charge is 2.30. The molecular formula is C18H18ClN3O2. The highest BCUT2D eigenvalue weighted by Crippen LogP contribution is 2.25. The van der Waals surface area contributed by atoms with E-state index in [2.05, 4.69) is 16.2 Å². The Balaban J connectivity index is 1.61. The van der Waals surface area contributed by atoms with Crippen molar-refractivity contribution in [2.75, 3.05) is 5.32 Å². The lowest BCUT2D eigenvalue weighted by atomic mass is 10.0. The Kier molecular flexibility index (Phi) is 4.94. The maximum Gasteiger partial charge on any atom is 0.242 e. The van der Waals surface area contributed by atoms with E-state index >= 15 is 0 Å². The van der Waals surface area contributed by atoms with Crippen molar-refractivity contribution in [3.05, 3.63) is 64.7 Å². The minimum Gasteiger partial charge on any atom is -0.325 e. The lowest BCUT2D eigenvalue weighted by Crippen LogP contribution is -2.39. The van der Waals surface area contributed by atoms with E-state index in [0.717, 1.165) is 5.56 Å². The van der Waals surface area contributed by atoms with E-state index in [-0.39, 0.29) is 23.8 Å². The molecule has 0 radical (unpaired) electrons. The summed E-state index contributed by atoms with van der Waals surface area (Å²) in [5.41, 5.74) is 8.46. The second-order valence-corrected chi connectivity index (χ2v) is 6.24. The van der Waals surface area contributed by atoms with Crippen molar-refractivity contribution in [3.63, 3.8) is 0 Å². The molecule has 0 spiro atoms. The molecule has 1 aliphatic heterocycles. The fourth-order valence-corrected chi connectivity index (χ4v) is 2.89. The molecule has 1 heterocycles. The van der Waals surface area contributed by atoms with Gasteiger partial charge in [-0.2, -0.15) is 0 Å². The third kappa shape index (κ3) is 3.82. The van der Waals surface area contributed by atoms with Crippen LogP contribution >= 0.6 is 11.6 Å². The first-order chi connectivity index (χ1) is 11.5. The van der Waals surface area contributed by atoms with Crippen molar-refractivity contribution < 1.29 is 9.59 Å². The van der Waals surface area contributed by atoms with Gasteiger partial charge >= 0.3 is 0 Å². The van der Waals surface area contributed by atoms with Crippen molar-refractivity contribution in [2.24, 2.45) is 0 Å². The van der Waals surface area contributed by atoms with Crippen molar-refractivity contribution in [3.8, 4) is 0 Å². The molecule has 1 fully saturated rings. The number of hydrazine groups is 1. The largest absolute Gasteiger partial charge is 0.325 e. The minimum atomic E-state index is -0.346. The summed E-state index contributed by atoms with van der Waals surface area (Å²) in [6.07, 6.45) is 0.623. The van der Waals surface area contributed by atoms with Crippen LogP contribution in [0.25, 0.3) is 0 Å². The molecule has 1 saturated heterocycles. The van der Waals surface area contributed by atoms with Gasteiger partial charge in [-0.15, -0.1) is 0 Å². The fourth-order valence-electron chi connectivity index (χ4n) is 2.69. The number of Topliss-reactive ketones (excluding diaryl/α,β-unsaturated/α-hetero) is 1. The standard InChI is InChI=1S/C18H18ClN3O2/c1-11(23)12-5-7-15(8-6-12)20-18(24)17-10-16(21-22-17)13-3-2-4-14(19)9-13/h2-9,16-17,21-22H,10H2,1H3,(H,20,24). The second kappa shape index (κ2) is 7.13. The summed E-state index contributed by atoms with van der Waals surface area (Å²) in [6, 6.07) is 14.1. The predicted molar refractivity (Wildman–Crippen MR) is 93.9 cm³/mol. The summed E-state index contributed by atoms with van der Waals surface area (Å²) in [4.78, 5) is 23.6. The van der Waals surface area contributed by atoms with Gasteiger partial charge < -0.3 is 5.32 Å². The molecule has 1 amide bonds. The van der Waals surface area contributed by atoms with Crippen LogP contribution in [-0.4, -0.2) is 17.7 Å². The topological polar surface area (TPSA) is 70.2 Å². The fraction of sp³-hybridized carbons (Fsp3) is 0.222. The van der Waals surface area contributed by atoms with Crippen molar-refractivity contribution in [2.45, 2.75) is 25.4 Å². The summed E-state index contributed by atoms with van der Waals surface area (Å²) in [5, 5.41) is 3.53. The normalized spacial score (nSPS) is 19.9. The number of hydrogen-bond acceptors (Lipinski definition) is 4. The zero-order valence-electron chi connectivity index (χ0n) is 13.2. The molecule has 3 rings (SSSR count). The van der Waals surface area contributed by atoms with Gasteiger partial charge in [-0.3, -0.25) is 9.59 Å². The molecule has 124 valence electrons. The number of hydrogen-bond donors (Lipinski definition) is 3. The summed E-state index contributed by atoms with van der Waals surface area (Å²) in [7, 11) is 0. The van der Waals surface area contributed by atoms with E-state index in [1.807, 2.05) is 24.3 Å². The molecule has 24 heavy (non-hydrogen) atoms. The van der Waals surface area contributed by atoms with Gasteiger partial charge in [-0.1, -0.05) is 23.7 Å². The van der Waals surface area contributed by atoms with Crippen LogP contribution in [0.4, 0.5) is 5.69 Å². The SMILES string of the molecule is CC(=O)c1ccc(NC(=O)C2CC(c3cccc(Cl)c3)NN2)cc1. The van der Waals surface area contributed by atoms with Gasteiger partial charge in [0, 0.05) is 22.3 Å².